The van der Waals surface area contributed by atoms with E-state index in [9.17, 15) is 10.0 Å². The van der Waals surface area contributed by atoms with Crippen molar-refractivity contribution in [1.82, 2.24) is 9.13 Å². The topological polar surface area (TPSA) is 50.3 Å². The van der Waals surface area contributed by atoms with Crippen LogP contribution in [0.4, 0.5) is 0 Å². The maximum absolute atomic E-state index is 9.42. The molecular formula is C48H33BBr2IN2O2+. The number of fused-ring (bicyclic) bond motifs is 6. The van der Waals surface area contributed by atoms with Gasteiger partial charge in [-0.1, -0.05) is 111 Å². The molecule has 0 spiro atoms. The minimum atomic E-state index is -1.47. The molecule has 0 aliphatic heterocycles. The number of allylic oxidation sites excluding steroid dienone is 2. The maximum Gasteiger partial charge on any atom is 0.488 e. The molecule has 0 atom stereocenters. The summed E-state index contributed by atoms with van der Waals surface area (Å²) >= 11 is 9.13. The zero-order valence-corrected chi connectivity index (χ0v) is 35.2. The van der Waals surface area contributed by atoms with Crippen LogP contribution in [0.25, 0.3) is 67.4 Å². The average Bonchev–Trinajstić information content (AvgIpc) is 3.75. The number of nitrogens with zero attached hydrogens (tertiary/aromatic N) is 2. The van der Waals surface area contributed by atoms with Gasteiger partial charge in [-0.15, -0.1) is 0 Å². The van der Waals surface area contributed by atoms with Crippen LogP contribution < -0.4 is 5.46 Å². The molecule has 56 heavy (non-hydrogen) atoms. The quantitative estimate of drug-likeness (QED) is 0.105. The molecule has 0 radical (unpaired) electrons. The molecule has 1 aliphatic rings. The van der Waals surface area contributed by atoms with Gasteiger partial charge in [0.1, 0.15) is 17.7 Å². The molecule has 0 saturated heterocycles. The Balaban J connectivity index is 0.000000133. The van der Waals surface area contributed by atoms with Gasteiger partial charge in [-0.3, -0.25) is 4.57 Å². The van der Waals surface area contributed by atoms with Crippen LogP contribution in [0.15, 0.2) is 185 Å². The zero-order valence-electron chi connectivity index (χ0n) is 29.9. The van der Waals surface area contributed by atoms with Crippen LogP contribution in [-0.2, 0) is 0 Å². The van der Waals surface area contributed by atoms with Crippen molar-refractivity contribution < 1.29 is 10.0 Å². The van der Waals surface area contributed by atoms with Crippen LogP contribution in [0.1, 0.15) is 11.3 Å². The van der Waals surface area contributed by atoms with Crippen LogP contribution in [-0.4, -0.2) is 26.3 Å². The summed E-state index contributed by atoms with van der Waals surface area (Å²) < 4.78 is 8.02. The lowest BCUT2D eigenvalue weighted by atomic mass is 9.79. The van der Waals surface area contributed by atoms with Gasteiger partial charge in [0.15, 0.2) is 5.69 Å². The van der Waals surface area contributed by atoms with E-state index in [1.807, 2.05) is 60.7 Å². The number of hydrogen-bond acceptors (Lipinski definition) is 2. The minimum Gasteiger partial charge on any atom is -0.423 e. The van der Waals surface area contributed by atoms with Gasteiger partial charge in [-0.25, -0.2) is 0 Å². The summed E-state index contributed by atoms with van der Waals surface area (Å²) in [5.41, 5.74) is 10.8. The van der Waals surface area contributed by atoms with Gasteiger partial charge >= 0.3 is 7.12 Å². The van der Waals surface area contributed by atoms with E-state index in [1.54, 1.807) is 6.07 Å². The van der Waals surface area contributed by atoms with Gasteiger partial charge < -0.3 is 14.6 Å². The molecule has 4 nitrogen and oxygen atoms in total. The number of halogens is 3. The molecule has 270 valence electrons. The predicted octanol–water partition coefficient (Wildman–Crippen LogP) is 12.4. The maximum atomic E-state index is 9.42. The molecule has 9 aromatic rings. The number of hydrogen-bond donors (Lipinski definition) is 2. The largest absolute Gasteiger partial charge is 0.488 e. The summed E-state index contributed by atoms with van der Waals surface area (Å²) in [6, 6.07) is 58.2. The molecule has 0 fully saturated rings. The van der Waals surface area contributed by atoms with Crippen molar-refractivity contribution in [3.05, 3.63) is 206 Å². The Morgan fingerprint density at radius 2 is 1.07 bits per heavy atom. The summed E-state index contributed by atoms with van der Waals surface area (Å²) in [4.78, 5) is 0. The average molecular weight is 967 g/mol. The monoisotopic (exact) mass is 965 g/mol. The van der Waals surface area contributed by atoms with E-state index in [4.69, 9.17) is 0 Å². The Hall–Kier alpha value is -5.06. The smallest absolute Gasteiger partial charge is 0.423 e. The summed E-state index contributed by atoms with van der Waals surface area (Å²) in [5, 5.41) is 22.4. The van der Waals surface area contributed by atoms with E-state index < -0.39 is 7.12 Å². The molecule has 2 N–H and O–H groups in total. The summed E-state index contributed by atoms with van der Waals surface area (Å²) in [7, 11) is -1.47. The molecule has 7 aromatic carbocycles. The van der Waals surface area contributed by atoms with Crippen LogP contribution in [0.2, 0.25) is 0 Å². The first-order valence-corrected chi connectivity index (χ1v) is 20.6. The van der Waals surface area contributed by atoms with Crippen molar-refractivity contribution >= 4 is 112 Å². The van der Waals surface area contributed by atoms with Gasteiger partial charge in [0.2, 0.25) is 0 Å². The van der Waals surface area contributed by atoms with Gasteiger partial charge in [0, 0.05) is 40.7 Å². The Bertz CT molecular complexity index is 2830. The van der Waals surface area contributed by atoms with Crippen LogP contribution in [0.5, 0.6) is 0 Å². The second-order valence-electron chi connectivity index (χ2n) is 13.1. The fourth-order valence-electron chi connectivity index (χ4n) is 7.02. The number of para-hydroxylation sites is 3. The fraction of sp³-hybridized carbons (Fsp3) is 0. The molecule has 2 heterocycles. The van der Waals surface area contributed by atoms with E-state index in [1.165, 1.54) is 42.2 Å². The highest BCUT2D eigenvalue weighted by atomic mass is 127. The zero-order chi connectivity index (χ0) is 38.6. The lowest BCUT2D eigenvalue weighted by Gasteiger charge is -2.08. The first-order valence-electron chi connectivity index (χ1n) is 18.0. The Kier molecular flexibility index (Phi) is 11.5. The summed E-state index contributed by atoms with van der Waals surface area (Å²) in [6.45, 7) is 0. The summed E-state index contributed by atoms with van der Waals surface area (Å²) in [6.07, 6.45) is 8.95. The molecular weight excluding hydrogens is 934 g/mol. The third-order valence-electron chi connectivity index (χ3n) is 9.61. The Labute approximate surface area is 356 Å². The molecule has 0 unspecified atom stereocenters. The van der Waals surface area contributed by atoms with Crippen molar-refractivity contribution in [1.29, 1.82) is 0 Å². The number of benzene rings is 7. The molecule has 0 amide bonds. The van der Waals surface area contributed by atoms with Crippen molar-refractivity contribution in [2.75, 3.05) is 0 Å². The molecule has 0 bridgehead atoms. The van der Waals surface area contributed by atoms with E-state index in [-0.39, 0.29) is 0 Å². The van der Waals surface area contributed by atoms with Gasteiger partial charge in [0.25, 0.3) is 0 Å². The minimum absolute atomic E-state index is 0.489. The SMILES string of the molecule is Brc1ccc(-c2ccc3c(c2)c2ccccc2n3-c2ccccc2)cc1.Brc1ccc(I)cc1.OB(O)c1ccc2c(c1)c1c(n2-c2ccccc2)C=C[C+]=C1. The van der Waals surface area contributed by atoms with E-state index in [2.05, 4.69) is 191 Å². The molecule has 0 saturated carbocycles. The van der Waals surface area contributed by atoms with Crippen molar-refractivity contribution in [2.24, 2.45) is 0 Å². The van der Waals surface area contributed by atoms with Crippen molar-refractivity contribution in [3.63, 3.8) is 0 Å². The van der Waals surface area contributed by atoms with E-state index in [0.29, 0.717) is 5.46 Å². The van der Waals surface area contributed by atoms with Crippen molar-refractivity contribution in [2.45, 2.75) is 0 Å². The number of rotatable bonds is 4. The predicted molar refractivity (Wildman–Crippen MR) is 251 cm³/mol. The van der Waals surface area contributed by atoms with E-state index in [0.717, 1.165) is 36.8 Å². The lowest BCUT2D eigenvalue weighted by molar-refractivity contribution is 0.426. The second kappa shape index (κ2) is 17.0. The second-order valence-corrected chi connectivity index (χ2v) is 16.2. The molecule has 2 aromatic heterocycles. The van der Waals surface area contributed by atoms with Gasteiger partial charge in [-0.05, 0) is 130 Å². The first-order chi connectivity index (χ1) is 27.4. The standard InChI is InChI=1S/C24H16BrN.C18H13BNO2.C6H4BrI/c25-19-13-10-17(11-14-19)18-12-15-24-22(16-18)21-8-4-5-9-23(21)26(24)20-6-2-1-3-7-20;21-19(22)13-10-11-18-16(12-13)15-8-4-5-9-17(15)20(18)14-6-2-1-3-7-14;7-5-1-3-6(8)4-2-5/h1-16H;1-3,5-12,21-22H;1-4H/q;+1;. The summed E-state index contributed by atoms with van der Waals surface area (Å²) in [5.74, 6) is 0. The molecule has 10 rings (SSSR count). The third kappa shape index (κ3) is 7.95. The fourth-order valence-corrected chi connectivity index (χ4v) is 7.91. The highest BCUT2D eigenvalue weighted by Crippen LogP contribution is 2.35. The Morgan fingerprint density at radius 1 is 0.518 bits per heavy atom. The number of aromatic nitrogens is 2. The highest BCUT2D eigenvalue weighted by Gasteiger charge is 2.24. The highest BCUT2D eigenvalue weighted by molar-refractivity contribution is 14.1. The first kappa shape index (κ1) is 37.8. The Morgan fingerprint density at radius 3 is 1.73 bits per heavy atom. The van der Waals surface area contributed by atoms with Gasteiger partial charge in [-0.2, -0.15) is 0 Å². The lowest BCUT2D eigenvalue weighted by Crippen LogP contribution is -2.29. The molecule has 8 heteroatoms. The van der Waals surface area contributed by atoms with Crippen molar-refractivity contribution in [3.8, 4) is 22.5 Å². The normalized spacial score (nSPS) is 11.4. The molecule has 1 aliphatic carbocycles. The third-order valence-corrected chi connectivity index (χ3v) is 11.4. The van der Waals surface area contributed by atoms with E-state index >= 15 is 0 Å². The van der Waals surface area contributed by atoms with Crippen LogP contribution in [0.3, 0.4) is 0 Å². The van der Waals surface area contributed by atoms with Gasteiger partial charge in [0.05, 0.1) is 28.0 Å². The van der Waals surface area contributed by atoms with Crippen LogP contribution in [0, 0.1) is 9.65 Å². The van der Waals surface area contributed by atoms with Crippen LogP contribution >= 0.6 is 54.5 Å².